The molecule has 2 aliphatic heterocycles. The maximum Gasteiger partial charge on any atom is 0.311 e. The second-order valence-corrected chi connectivity index (χ2v) is 7.70. The molecule has 7 heteroatoms. The fraction of sp³-hybridized carbons (Fsp3) is 0.722. The van der Waals surface area contributed by atoms with E-state index in [-0.39, 0.29) is 18.4 Å². The minimum absolute atomic E-state index is 0.0932. The Morgan fingerprint density at radius 2 is 2.12 bits per heavy atom. The van der Waals surface area contributed by atoms with Gasteiger partial charge in [-0.15, -0.1) is 0 Å². The molecule has 3 heterocycles. The van der Waals surface area contributed by atoms with Crippen molar-refractivity contribution in [1.29, 1.82) is 0 Å². The van der Waals surface area contributed by atoms with Crippen LogP contribution in [-0.4, -0.2) is 58.4 Å². The van der Waals surface area contributed by atoms with Gasteiger partial charge in [-0.25, -0.2) is 0 Å². The van der Waals surface area contributed by atoms with E-state index in [4.69, 9.17) is 4.74 Å². The van der Waals surface area contributed by atoms with Crippen molar-refractivity contribution in [2.24, 2.45) is 11.3 Å². The van der Waals surface area contributed by atoms with Gasteiger partial charge in [0.15, 0.2) is 0 Å². The summed E-state index contributed by atoms with van der Waals surface area (Å²) in [5, 5.41) is 16.9. The molecule has 1 saturated carbocycles. The molecular formula is C18H25N3O4. The Hall–Kier alpha value is -1.89. The number of ether oxygens (including phenoxy) is 1. The van der Waals surface area contributed by atoms with E-state index < -0.39 is 11.4 Å². The SMILES string of the molecule is O=C(c1cn[nH]c1C1CCCCC1)N1C[C@@H]2COCC[C@]2(C(=O)O)C1. The highest BCUT2D eigenvalue weighted by Crippen LogP contribution is 2.43. The van der Waals surface area contributed by atoms with Gasteiger partial charge in [0.05, 0.1) is 29.5 Å². The molecule has 4 rings (SSSR count). The fourth-order valence-electron chi connectivity index (χ4n) is 4.79. The lowest BCUT2D eigenvalue weighted by atomic mass is 9.74. The van der Waals surface area contributed by atoms with Gasteiger partial charge in [-0.1, -0.05) is 19.3 Å². The van der Waals surface area contributed by atoms with Crippen molar-refractivity contribution in [2.75, 3.05) is 26.3 Å². The smallest absolute Gasteiger partial charge is 0.311 e. The van der Waals surface area contributed by atoms with Gasteiger partial charge in [0.1, 0.15) is 0 Å². The van der Waals surface area contributed by atoms with Crippen LogP contribution in [0.25, 0.3) is 0 Å². The quantitative estimate of drug-likeness (QED) is 0.872. The summed E-state index contributed by atoms with van der Waals surface area (Å²) in [6, 6.07) is 0. The van der Waals surface area contributed by atoms with Crippen molar-refractivity contribution >= 4 is 11.9 Å². The first-order valence-electron chi connectivity index (χ1n) is 9.25. The number of H-pyrrole nitrogens is 1. The number of hydrogen-bond acceptors (Lipinski definition) is 4. The Kier molecular flexibility index (Phi) is 4.27. The molecule has 136 valence electrons. The number of carboxylic acids is 1. The summed E-state index contributed by atoms with van der Waals surface area (Å²) >= 11 is 0. The molecule has 25 heavy (non-hydrogen) atoms. The number of carbonyl (C=O) groups is 2. The lowest BCUT2D eigenvalue weighted by molar-refractivity contribution is -0.157. The van der Waals surface area contributed by atoms with Crippen LogP contribution in [0.15, 0.2) is 6.20 Å². The van der Waals surface area contributed by atoms with Gasteiger partial charge in [-0.3, -0.25) is 14.7 Å². The molecule has 2 atom stereocenters. The van der Waals surface area contributed by atoms with E-state index >= 15 is 0 Å². The van der Waals surface area contributed by atoms with Crippen LogP contribution in [0.3, 0.4) is 0 Å². The summed E-state index contributed by atoms with van der Waals surface area (Å²) in [6.07, 6.45) is 7.86. The van der Waals surface area contributed by atoms with Crippen molar-refractivity contribution in [3.63, 3.8) is 0 Å². The van der Waals surface area contributed by atoms with E-state index in [0.29, 0.717) is 37.7 Å². The van der Waals surface area contributed by atoms with Crippen LogP contribution in [0.5, 0.6) is 0 Å². The highest BCUT2D eigenvalue weighted by atomic mass is 16.5. The van der Waals surface area contributed by atoms with E-state index in [1.54, 1.807) is 11.1 Å². The van der Waals surface area contributed by atoms with Gasteiger partial charge in [0, 0.05) is 31.5 Å². The summed E-state index contributed by atoms with van der Waals surface area (Å²) in [5.74, 6) is -0.676. The van der Waals surface area contributed by atoms with E-state index in [9.17, 15) is 14.7 Å². The summed E-state index contributed by atoms with van der Waals surface area (Å²) < 4.78 is 5.48. The molecule has 3 fully saturated rings. The molecule has 0 spiro atoms. The van der Waals surface area contributed by atoms with Crippen LogP contribution < -0.4 is 0 Å². The number of aromatic amines is 1. The van der Waals surface area contributed by atoms with Crippen molar-refractivity contribution in [3.05, 3.63) is 17.5 Å². The largest absolute Gasteiger partial charge is 0.481 e. The Labute approximate surface area is 146 Å². The average molecular weight is 347 g/mol. The minimum atomic E-state index is -0.858. The molecule has 2 N–H and O–H groups in total. The monoisotopic (exact) mass is 347 g/mol. The number of rotatable bonds is 3. The third-order valence-corrected chi connectivity index (χ3v) is 6.33. The van der Waals surface area contributed by atoms with Gasteiger partial charge in [-0.2, -0.15) is 5.10 Å². The third-order valence-electron chi connectivity index (χ3n) is 6.33. The van der Waals surface area contributed by atoms with E-state index in [1.165, 1.54) is 19.3 Å². The van der Waals surface area contributed by atoms with Crippen molar-refractivity contribution < 1.29 is 19.4 Å². The molecule has 3 aliphatic rings. The van der Waals surface area contributed by atoms with Crippen molar-refractivity contribution in [2.45, 2.75) is 44.4 Å². The van der Waals surface area contributed by atoms with Crippen LogP contribution in [0.1, 0.15) is 60.5 Å². The van der Waals surface area contributed by atoms with Crippen molar-refractivity contribution in [1.82, 2.24) is 15.1 Å². The molecule has 0 unspecified atom stereocenters. The lowest BCUT2D eigenvalue weighted by Gasteiger charge is -2.33. The average Bonchev–Trinajstić information content (AvgIpc) is 3.27. The highest BCUT2D eigenvalue weighted by Gasteiger charge is 2.55. The maximum atomic E-state index is 13.1. The molecule has 1 aromatic rings. The standard InChI is InChI=1S/C18H25N3O4/c22-16(14-8-19-20-15(14)12-4-2-1-3-5-12)21-9-13-10-25-7-6-18(13,11-21)17(23)24/h8,12-13H,1-7,9-11H2,(H,19,20)(H,23,24)/t13-,18+/m1/s1. The zero-order valence-corrected chi connectivity index (χ0v) is 14.4. The zero-order valence-electron chi connectivity index (χ0n) is 14.4. The molecule has 0 bridgehead atoms. The Balaban J connectivity index is 1.56. The first kappa shape index (κ1) is 16.6. The fourth-order valence-corrected chi connectivity index (χ4v) is 4.79. The summed E-state index contributed by atoms with van der Waals surface area (Å²) in [6.45, 7) is 1.58. The summed E-state index contributed by atoms with van der Waals surface area (Å²) in [5.41, 5.74) is 0.690. The summed E-state index contributed by atoms with van der Waals surface area (Å²) in [7, 11) is 0. The predicted molar refractivity (Wildman–Crippen MR) is 89.3 cm³/mol. The van der Waals surface area contributed by atoms with Crippen LogP contribution in [0.4, 0.5) is 0 Å². The number of carboxylic acid groups (broad SMARTS) is 1. The summed E-state index contributed by atoms with van der Waals surface area (Å²) in [4.78, 5) is 26.7. The number of hydrogen-bond donors (Lipinski definition) is 2. The first-order chi connectivity index (χ1) is 12.1. The third kappa shape index (κ3) is 2.74. The number of nitrogens with zero attached hydrogens (tertiary/aromatic N) is 2. The van der Waals surface area contributed by atoms with E-state index in [1.807, 2.05) is 0 Å². The number of amides is 1. The number of aliphatic carboxylic acids is 1. The molecule has 1 aromatic heterocycles. The molecule has 0 aromatic carbocycles. The van der Waals surface area contributed by atoms with Crippen LogP contribution in [0, 0.1) is 11.3 Å². The highest BCUT2D eigenvalue weighted by molar-refractivity contribution is 5.96. The Morgan fingerprint density at radius 3 is 2.84 bits per heavy atom. The van der Waals surface area contributed by atoms with Gasteiger partial charge in [0.2, 0.25) is 0 Å². The van der Waals surface area contributed by atoms with Crippen LogP contribution in [0.2, 0.25) is 0 Å². The van der Waals surface area contributed by atoms with Gasteiger partial charge < -0.3 is 14.7 Å². The molecule has 2 saturated heterocycles. The Morgan fingerprint density at radius 1 is 1.32 bits per heavy atom. The first-order valence-corrected chi connectivity index (χ1v) is 9.25. The van der Waals surface area contributed by atoms with Gasteiger partial charge >= 0.3 is 5.97 Å². The normalized spacial score (nSPS) is 30.2. The van der Waals surface area contributed by atoms with Crippen LogP contribution >= 0.6 is 0 Å². The maximum absolute atomic E-state index is 13.1. The molecule has 1 amide bonds. The number of nitrogens with one attached hydrogen (secondary N) is 1. The number of fused-ring (bicyclic) bond motifs is 1. The molecule has 7 nitrogen and oxygen atoms in total. The molecule has 0 radical (unpaired) electrons. The topological polar surface area (TPSA) is 95.5 Å². The van der Waals surface area contributed by atoms with Gasteiger partial charge in [-0.05, 0) is 19.3 Å². The number of carbonyl (C=O) groups excluding carboxylic acids is 1. The predicted octanol–water partition coefficient (Wildman–Crippen LogP) is 2.02. The lowest BCUT2D eigenvalue weighted by Crippen LogP contribution is -2.45. The van der Waals surface area contributed by atoms with Crippen LogP contribution in [-0.2, 0) is 9.53 Å². The van der Waals surface area contributed by atoms with Gasteiger partial charge in [0.25, 0.3) is 5.91 Å². The van der Waals surface area contributed by atoms with Crippen molar-refractivity contribution in [3.8, 4) is 0 Å². The molecular weight excluding hydrogens is 322 g/mol. The van der Waals surface area contributed by atoms with E-state index in [2.05, 4.69) is 10.2 Å². The second-order valence-electron chi connectivity index (χ2n) is 7.70. The molecule has 1 aliphatic carbocycles. The Bertz CT molecular complexity index is 667. The number of aromatic nitrogens is 2. The second kappa shape index (κ2) is 6.44. The minimum Gasteiger partial charge on any atom is -0.481 e. The number of likely N-dealkylation sites (tertiary alicyclic amines) is 1. The zero-order chi connectivity index (χ0) is 17.4. The van der Waals surface area contributed by atoms with E-state index in [0.717, 1.165) is 18.5 Å².